The van der Waals surface area contributed by atoms with E-state index in [4.69, 9.17) is 0 Å². The lowest BCUT2D eigenvalue weighted by atomic mass is 10.0. The number of carbonyl (C=O) groups excluding carboxylic acids is 4. The number of methoxy groups -OCH3 is 2. The number of halogens is 2. The van der Waals surface area contributed by atoms with Gasteiger partial charge in [-0.2, -0.15) is 10.2 Å². The molecule has 12 nitrogen and oxygen atoms in total. The summed E-state index contributed by atoms with van der Waals surface area (Å²) in [5, 5.41) is 12.5. The number of likely N-dealkylation sites (tertiary alicyclic amines) is 1. The number of para-hydroxylation sites is 2. The maximum atomic E-state index is 13.1. The zero-order valence-electron chi connectivity index (χ0n) is 37.6. The third-order valence-corrected chi connectivity index (χ3v) is 11.9. The van der Waals surface area contributed by atoms with E-state index in [2.05, 4.69) is 70.1 Å². The maximum absolute atomic E-state index is 13.1. The average Bonchev–Trinajstić information content (AvgIpc) is 4.20. The summed E-state index contributed by atoms with van der Waals surface area (Å²) < 4.78 is 12.8. The second-order valence-electron chi connectivity index (χ2n) is 15.6. The van der Waals surface area contributed by atoms with E-state index in [0.29, 0.717) is 29.0 Å². The molecule has 2 atom stereocenters. The number of Topliss-reactive ketones (excluding diaryl/α,β-unsaturated/α-hetero) is 2. The number of rotatable bonds is 13. The van der Waals surface area contributed by atoms with Crippen LogP contribution in [0, 0.1) is 13.8 Å². The number of nitrogens with zero attached hydrogens (tertiary/aromatic N) is 5. The number of benzene rings is 4. The van der Waals surface area contributed by atoms with E-state index in [-0.39, 0.29) is 42.0 Å². The summed E-state index contributed by atoms with van der Waals surface area (Å²) in [4.78, 5) is 49.2. The van der Waals surface area contributed by atoms with Gasteiger partial charge in [0.25, 0.3) is 0 Å². The molecule has 0 saturated carbocycles. The van der Waals surface area contributed by atoms with Crippen molar-refractivity contribution in [3.63, 3.8) is 0 Å². The van der Waals surface area contributed by atoms with Crippen LogP contribution in [0.4, 0.5) is 0 Å². The minimum atomic E-state index is -0.375. The fraction of sp³-hybridized carbons (Fsp3) is 0.269. The number of esters is 2. The molecular weight excluding hydrogens is 920 g/mol. The number of nitrogens with one attached hydrogen (secondary N) is 1. The highest BCUT2D eigenvalue weighted by atomic mass is 79.9. The molecule has 0 unspecified atom stereocenters. The van der Waals surface area contributed by atoms with Gasteiger partial charge in [-0.25, -0.2) is 19.0 Å². The summed E-state index contributed by atoms with van der Waals surface area (Å²) in [6.07, 6.45) is 14.2. The smallest absolute Gasteiger partial charge is 0.330 e. The predicted octanol–water partition coefficient (Wildman–Crippen LogP) is 9.86. The van der Waals surface area contributed by atoms with Gasteiger partial charge in [0, 0.05) is 24.2 Å². The Morgan fingerprint density at radius 1 is 0.667 bits per heavy atom. The third kappa shape index (κ3) is 13.6. The number of hydrogen-bond acceptors (Lipinski definition) is 10. The SMILES string of the molecule is COC(=O)/C=C/c1ccc([C@@H]2CCCN2)cc1.COC(=O)/C=C/c1ccc([C@@H]2CCCN2CC(=O)c2cnn(-c3ccccc3)c2C)cc1.Cc1c(C(=O)CBr)cnn1-c1ccccc1.Cl. The maximum Gasteiger partial charge on any atom is 0.330 e. The summed E-state index contributed by atoms with van der Waals surface area (Å²) in [7, 11) is 2.74. The number of aromatic nitrogens is 4. The highest BCUT2D eigenvalue weighted by molar-refractivity contribution is 9.09. The Balaban J connectivity index is 0.000000203. The number of ketones is 2. The average molecular weight is 976 g/mol. The minimum absolute atomic E-state index is 0. The molecule has 0 aliphatic carbocycles. The van der Waals surface area contributed by atoms with E-state index in [1.54, 1.807) is 29.2 Å². The highest BCUT2D eigenvalue weighted by Crippen LogP contribution is 2.32. The van der Waals surface area contributed by atoms with Crippen LogP contribution in [0.25, 0.3) is 23.5 Å². The zero-order chi connectivity index (χ0) is 46.1. The van der Waals surface area contributed by atoms with E-state index >= 15 is 0 Å². The molecule has 4 heterocycles. The first-order valence-electron chi connectivity index (χ1n) is 21.6. The monoisotopic (exact) mass is 974 g/mol. The Labute approximate surface area is 401 Å². The normalized spacial score (nSPS) is 15.6. The molecule has 2 aromatic heterocycles. The molecule has 0 bridgehead atoms. The lowest BCUT2D eigenvalue weighted by Gasteiger charge is -2.24. The van der Waals surface area contributed by atoms with Crippen molar-refractivity contribution in [2.75, 3.05) is 39.2 Å². The van der Waals surface area contributed by atoms with Crippen LogP contribution in [0.1, 0.15) is 92.1 Å². The van der Waals surface area contributed by atoms with Crippen LogP contribution >= 0.6 is 28.3 Å². The van der Waals surface area contributed by atoms with Crippen molar-refractivity contribution in [3.05, 3.63) is 179 Å². The molecule has 0 radical (unpaired) electrons. The molecule has 2 fully saturated rings. The molecule has 2 aliphatic rings. The van der Waals surface area contributed by atoms with Gasteiger partial charge in [-0.05, 0) is 111 Å². The lowest BCUT2D eigenvalue weighted by Crippen LogP contribution is -2.29. The molecule has 8 rings (SSSR count). The molecule has 4 aromatic carbocycles. The van der Waals surface area contributed by atoms with Gasteiger partial charge in [0.15, 0.2) is 11.6 Å². The van der Waals surface area contributed by atoms with Gasteiger partial charge in [-0.3, -0.25) is 14.5 Å². The molecule has 14 heteroatoms. The van der Waals surface area contributed by atoms with E-state index in [9.17, 15) is 19.2 Å². The highest BCUT2D eigenvalue weighted by Gasteiger charge is 2.29. The van der Waals surface area contributed by atoms with E-state index in [1.165, 1.54) is 50.3 Å². The van der Waals surface area contributed by atoms with Crippen molar-refractivity contribution in [1.82, 2.24) is 29.8 Å². The molecule has 0 amide bonds. The Kier molecular flexibility index (Phi) is 19.6. The van der Waals surface area contributed by atoms with E-state index < -0.39 is 0 Å². The van der Waals surface area contributed by atoms with Crippen molar-refractivity contribution in [2.24, 2.45) is 0 Å². The van der Waals surface area contributed by atoms with Gasteiger partial charge >= 0.3 is 11.9 Å². The van der Waals surface area contributed by atoms with Gasteiger partial charge in [0.1, 0.15) is 0 Å². The number of alkyl halides is 1. The summed E-state index contributed by atoms with van der Waals surface area (Å²) in [6, 6.07) is 36.7. The number of hydrogen-bond donors (Lipinski definition) is 1. The van der Waals surface area contributed by atoms with Gasteiger partial charge < -0.3 is 14.8 Å². The van der Waals surface area contributed by atoms with Crippen LogP contribution in [0.5, 0.6) is 0 Å². The summed E-state index contributed by atoms with van der Waals surface area (Å²) in [5.41, 5.74) is 9.43. The van der Waals surface area contributed by atoms with E-state index in [1.807, 2.05) is 103 Å². The summed E-state index contributed by atoms with van der Waals surface area (Å²) >= 11 is 3.16. The molecule has 66 heavy (non-hydrogen) atoms. The first kappa shape index (κ1) is 50.7. The summed E-state index contributed by atoms with van der Waals surface area (Å²) in [5.74, 6) is -0.555. The molecule has 344 valence electrons. The van der Waals surface area contributed by atoms with Gasteiger partial charge in [-0.1, -0.05) is 101 Å². The number of carbonyl (C=O) groups is 4. The molecule has 2 aliphatic heterocycles. The van der Waals surface area contributed by atoms with Gasteiger partial charge in [-0.15, -0.1) is 12.4 Å². The Morgan fingerprint density at radius 3 is 1.61 bits per heavy atom. The van der Waals surface area contributed by atoms with Crippen molar-refractivity contribution < 1.29 is 28.7 Å². The minimum Gasteiger partial charge on any atom is -0.466 e. The Hall–Kier alpha value is -6.25. The molecule has 2 saturated heterocycles. The molecule has 0 spiro atoms. The quantitative estimate of drug-likeness (QED) is 0.0516. The second-order valence-corrected chi connectivity index (χ2v) is 16.1. The topological polar surface area (TPSA) is 138 Å². The van der Waals surface area contributed by atoms with Crippen LogP contribution in [-0.4, -0.2) is 87.1 Å². The van der Waals surface area contributed by atoms with E-state index in [0.717, 1.165) is 59.8 Å². The molecular formula is C52H56BrClN6O6. The lowest BCUT2D eigenvalue weighted by molar-refractivity contribution is -0.135. The Bertz CT molecular complexity index is 2570. The van der Waals surface area contributed by atoms with Crippen molar-refractivity contribution >= 4 is 64.0 Å². The first-order valence-corrected chi connectivity index (χ1v) is 22.7. The zero-order valence-corrected chi connectivity index (χ0v) is 40.0. The summed E-state index contributed by atoms with van der Waals surface area (Å²) in [6.45, 7) is 6.21. The third-order valence-electron chi connectivity index (χ3n) is 11.4. The fourth-order valence-corrected chi connectivity index (χ4v) is 8.16. The largest absolute Gasteiger partial charge is 0.466 e. The number of ether oxygens (including phenoxy) is 2. The van der Waals surface area contributed by atoms with Crippen LogP contribution in [0.2, 0.25) is 0 Å². The Morgan fingerprint density at radius 2 is 1.15 bits per heavy atom. The first-order chi connectivity index (χ1) is 31.6. The molecule has 6 aromatic rings. The van der Waals surface area contributed by atoms with Crippen LogP contribution < -0.4 is 5.32 Å². The van der Waals surface area contributed by atoms with Crippen molar-refractivity contribution in [1.29, 1.82) is 0 Å². The predicted molar refractivity (Wildman–Crippen MR) is 265 cm³/mol. The molecule has 1 N–H and O–H groups in total. The van der Waals surface area contributed by atoms with Crippen LogP contribution in [0.15, 0.2) is 134 Å². The van der Waals surface area contributed by atoms with Crippen LogP contribution in [0.3, 0.4) is 0 Å². The van der Waals surface area contributed by atoms with Gasteiger partial charge in [0.2, 0.25) is 0 Å². The fourth-order valence-electron chi connectivity index (χ4n) is 7.86. The van der Waals surface area contributed by atoms with Crippen LogP contribution in [-0.2, 0) is 19.1 Å². The van der Waals surface area contributed by atoms with Crippen molar-refractivity contribution in [3.8, 4) is 11.4 Å². The standard InChI is InChI=1S/C26H27N3O3.C14H17NO2.C12H11BrN2O.ClH/c1-19-23(17-27-29(19)22-7-4-3-5-8-22)25(30)18-28-16-6-9-24(28)21-13-10-20(11-14-21)12-15-26(31)32-2;1-17-14(16)9-6-11-4-7-12(8-5-11)13-3-2-10-15-13;1-9-11(12(16)7-13)8-14-15(9)10-5-3-2-4-6-10;/h3-5,7-8,10-15,17,24H,6,9,16,18H2,1-2H3;4-9,13,15H,2-3,10H2,1H3;2-6,8H,7H2,1H3;1H/b15-12+;9-6+;;/t24-;13-;;/m00../s1. The van der Waals surface area contributed by atoms with Gasteiger partial charge in [0.05, 0.1) is 72.4 Å². The second kappa shape index (κ2) is 25.4. The van der Waals surface area contributed by atoms with Crippen molar-refractivity contribution in [2.45, 2.75) is 51.6 Å².